The fourth-order valence-electron chi connectivity index (χ4n) is 0.750. The SMILES string of the molecule is CC(=O)c1cc(CCl)ccn1. The van der Waals surface area contributed by atoms with Gasteiger partial charge in [0.1, 0.15) is 5.69 Å². The fraction of sp³-hybridized carbons (Fsp3) is 0.250. The van der Waals surface area contributed by atoms with Crippen molar-refractivity contribution in [2.45, 2.75) is 12.8 Å². The molecule has 3 heteroatoms. The first-order valence-corrected chi connectivity index (χ1v) is 3.79. The lowest BCUT2D eigenvalue weighted by Gasteiger charge is -1.96. The van der Waals surface area contributed by atoms with Crippen molar-refractivity contribution in [2.75, 3.05) is 0 Å². The zero-order valence-electron chi connectivity index (χ0n) is 6.17. The number of carbonyl (C=O) groups excluding carboxylic acids is 1. The molecular formula is C8H8ClNO. The largest absolute Gasteiger partial charge is 0.293 e. The van der Waals surface area contributed by atoms with Gasteiger partial charge in [-0.05, 0) is 17.7 Å². The molecule has 0 saturated carbocycles. The van der Waals surface area contributed by atoms with Crippen molar-refractivity contribution in [2.24, 2.45) is 0 Å². The van der Waals surface area contributed by atoms with Crippen molar-refractivity contribution in [3.05, 3.63) is 29.6 Å². The maximum absolute atomic E-state index is 10.8. The number of aromatic nitrogens is 1. The van der Waals surface area contributed by atoms with E-state index in [1.165, 1.54) is 6.92 Å². The molecule has 1 aromatic heterocycles. The summed E-state index contributed by atoms with van der Waals surface area (Å²) in [6, 6.07) is 3.49. The summed E-state index contributed by atoms with van der Waals surface area (Å²) in [4.78, 5) is 14.7. The maximum Gasteiger partial charge on any atom is 0.178 e. The highest BCUT2D eigenvalue weighted by atomic mass is 35.5. The summed E-state index contributed by atoms with van der Waals surface area (Å²) in [5.41, 5.74) is 1.40. The molecule has 1 aromatic rings. The Morgan fingerprint density at radius 3 is 3.00 bits per heavy atom. The monoisotopic (exact) mass is 169 g/mol. The zero-order valence-corrected chi connectivity index (χ0v) is 6.93. The van der Waals surface area contributed by atoms with Gasteiger partial charge in [0.2, 0.25) is 0 Å². The minimum absolute atomic E-state index is 0.0306. The van der Waals surface area contributed by atoms with Crippen LogP contribution in [0.2, 0.25) is 0 Å². The lowest BCUT2D eigenvalue weighted by atomic mass is 10.2. The van der Waals surface area contributed by atoms with Gasteiger partial charge in [-0.1, -0.05) is 0 Å². The van der Waals surface area contributed by atoms with Crippen molar-refractivity contribution < 1.29 is 4.79 Å². The molecule has 0 N–H and O–H groups in total. The third-order valence-corrected chi connectivity index (χ3v) is 1.65. The first-order valence-electron chi connectivity index (χ1n) is 3.26. The van der Waals surface area contributed by atoms with Crippen LogP contribution in [-0.2, 0) is 5.88 Å². The summed E-state index contributed by atoms with van der Waals surface area (Å²) in [6.07, 6.45) is 1.59. The van der Waals surface area contributed by atoms with Crippen LogP contribution in [0.1, 0.15) is 23.0 Å². The molecule has 0 bridgehead atoms. The molecule has 0 saturated heterocycles. The molecule has 1 rings (SSSR count). The topological polar surface area (TPSA) is 30.0 Å². The number of hydrogen-bond donors (Lipinski definition) is 0. The minimum Gasteiger partial charge on any atom is -0.293 e. The molecule has 0 spiro atoms. The molecule has 0 amide bonds. The molecule has 0 aliphatic carbocycles. The van der Waals surface area contributed by atoms with Gasteiger partial charge in [0.15, 0.2) is 5.78 Å². The number of Topliss-reactive ketones (excluding diaryl/α,β-unsaturated/α-hetero) is 1. The van der Waals surface area contributed by atoms with Gasteiger partial charge < -0.3 is 0 Å². The predicted molar refractivity (Wildman–Crippen MR) is 43.8 cm³/mol. The standard InChI is InChI=1S/C8H8ClNO/c1-6(11)8-4-7(5-9)2-3-10-8/h2-4H,5H2,1H3. The van der Waals surface area contributed by atoms with E-state index in [4.69, 9.17) is 11.6 Å². The highest BCUT2D eigenvalue weighted by Gasteiger charge is 2.00. The number of carbonyl (C=O) groups is 1. The number of alkyl halides is 1. The second-order valence-corrected chi connectivity index (χ2v) is 2.51. The summed E-state index contributed by atoms with van der Waals surface area (Å²) in [5.74, 6) is 0.389. The second kappa shape index (κ2) is 3.49. The third-order valence-electron chi connectivity index (χ3n) is 1.34. The molecule has 2 nitrogen and oxygen atoms in total. The smallest absolute Gasteiger partial charge is 0.178 e. The van der Waals surface area contributed by atoms with Crippen LogP contribution in [-0.4, -0.2) is 10.8 Å². The first-order chi connectivity index (χ1) is 5.24. The molecule has 0 aromatic carbocycles. The summed E-state index contributed by atoms with van der Waals surface area (Å²) >= 11 is 5.56. The van der Waals surface area contributed by atoms with Gasteiger partial charge in [-0.3, -0.25) is 9.78 Å². The van der Waals surface area contributed by atoms with Crippen molar-refractivity contribution in [3.63, 3.8) is 0 Å². The van der Waals surface area contributed by atoms with Crippen LogP contribution in [0.25, 0.3) is 0 Å². The number of pyridine rings is 1. The van der Waals surface area contributed by atoms with Crippen molar-refractivity contribution in [1.29, 1.82) is 0 Å². The fourth-order valence-corrected chi connectivity index (χ4v) is 0.916. The Balaban J connectivity index is 3.01. The molecule has 11 heavy (non-hydrogen) atoms. The molecule has 0 aliphatic heterocycles. The van der Waals surface area contributed by atoms with Crippen LogP contribution in [0.3, 0.4) is 0 Å². The molecule has 1 heterocycles. The van der Waals surface area contributed by atoms with Crippen molar-refractivity contribution in [1.82, 2.24) is 4.98 Å². The molecule has 0 radical (unpaired) electrons. The highest BCUT2D eigenvalue weighted by molar-refractivity contribution is 6.17. The number of nitrogens with zero attached hydrogens (tertiary/aromatic N) is 1. The molecule has 58 valence electrons. The van der Waals surface area contributed by atoms with Crippen LogP contribution in [0, 0.1) is 0 Å². The minimum atomic E-state index is -0.0306. The first kappa shape index (κ1) is 8.21. The summed E-state index contributed by atoms with van der Waals surface area (Å²) < 4.78 is 0. The van der Waals surface area contributed by atoms with E-state index in [-0.39, 0.29) is 5.78 Å². The Morgan fingerprint density at radius 2 is 2.45 bits per heavy atom. The van der Waals surface area contributed by atoms with Crippen LogP contribution < -0.4 is 0 Å². The van der Waals surface area contributed by atoms with Crippen molar-refractivity contribution in [3.8, 4) is 0 Å². The van der Waals surface area contributed by atoms with E-state index in [0.29, 0.717) is 11.6 Å². The molecular weight excluding hydrogens is 162 g/mol. The Morgan fingerprint density at radius 1 is 1.73 bits per heavy atom. The quantitative estimate of drug-likeness (QED) is 0.501. The van der Waals surface area contributed by atoms with Gasteiger partial charge in [-0.25, -0.2) is 0 Å². The zero-order chi connectivity index (χ0) is 8.27. The van der Waals surface area contributed by atoms with E-state index < -0.39 is 0 Å². The Kier molecular flexibility index (Phi) is 2.60. The van der Waals surface area contributed by atoms with Gasteiger partial charge in [-0.15, -0.1) is 11.6 Å². The average Bonchev–Trinajstić information content (AvgIpc) is 2.05. The third kappa shape index (κ3) is 2.02. The number of rotatable bonds is 2. The van der Waals surface area contributed by atoms with Crippen LogP contribution in [0.5, 0.6) is 0 Å². The van der Waals surface area contributed by atoms with E-state index in [2.05, 4.69) is 4.98 Å². The van der Waals surface area contributed by atoms with Gasteiger partial charge in [0.05, 0.1) is 0 Å². The Hall–Kier alpha value is -0.890. The van der Waals surface area contributed by atoms with E-state index in [9.17, 15) is 4.79 Å². The molecule has 0 fully saturated rings. The number of hydrogen-bond acceptors (Lipinski definition) is 2. The lowest BCUT2D eigenvalue weighted by Crippen LogP contribution is -1.96. The number of halogens is 1. The van der Waals surface area contributed by atoms with Crippen LogP contribution >= 0.6 is 11.6 Å². The summed E-state index contributed by atoms with van der Waals surface area (Å²) in [5, 5.41) is 0. The predicted octanol–water partition coefficient (Wildman–Crippen LogP) is 2.02. The normalized spacial score (nSPS) is 9.64. The van der Waals surface area contributed by atoms with Crippen LogP contribution in [0.15, 0.2) is 18.3 Å². The maximum atomic E-state index is 10.8. The van der Waals surface area contributed by atoms with Gasteiger partial charge in [0.25, 0.3) is 0 Å². The average molecular weight is 170 g/mol. The van der Waals surface area contributed by atoms with E-state index in [1.54, 1.807) is 18.3 Å². The summed E-state index contributed by atoms with van der Waals surface area (Å²) in [7, 11) is 0. The number of ketones is 1. The van der Waals surface area contributed by atoms with Crippen molar-refractivity contribution >= 4 is 17.4 Å². The van der Waals surface area contributed by atoms with Gasteiger partial charge in [-0.2, -0.15) is 0 Å². The summed E-state index contributed by atoms with van der Waals surface area (Å²) in [6.45, 7) is 1.49. The second-order valence-electron chi connectivity index (χ2n) is 2.24. The Bertz CT molecular complexity index is 273. The van der Waals surface area contributed by atoms with E-state index >= 15 is 0 Å². The molecule has 0 atom stereocenters. The van der Waals surface area contributed by atoms with E-state index in [0.717, 1.165) is 5.56 Å². The van der Waals surface area contributed by atoms with Crippen LogP contribution in [0.4, 0.5) is 0 Å². The van der Waals surface area contributed by atoms with Gasteiger partial charge in [0, 0.05) is 19.0 Å². The highest BCUT2D eigenvalue weighted by Crippen LogP contribution is 2.04. The van der Waals surface area contributed by atoms with E-state index in [1.807, 2.05) is 0 Å². The Labute approximate surface area is 70.2 Å². The molecule has 0 aliphatic rings. The lowest BCUT2D eigenvalue weighted by molar-refractivity contribution is 0.101. The molecule has 0 unspecified atom stereocenters. The van der Waals surface area contributed by atoms with Gasteiger partial charge >= 0.3 is 0 Å².